The summed E-state index contributed by atoms with van der Waals surface area (Å²) in [7, 11) is 0. The first-order chi connectivity index (χ1) is 20.1. The lowest BCUT2D eigenvalue weighted by Crippen LogP contribution is -2.10. The van der Waals surface area contributed by atoms with Crippen LogP contribution in [0.2, 0.25) is 0 Å². The molecule has 0 spiro atoms. The molecule has 0 fully saturated rings. The molecule has 7 aromatic rings. The van der Waals surface area contributed by atoms with Crippen LogP contribution in [0.15, 0.2) is 114 Å². The average Bonchev–Trinajstić information content (AvgIpc) is 3.54. The fourth-order valence-electron chi connectivity index (χ4n) is 5.87. The second-order valence-corrected chi connectivity index (χ2v) is 13.4. The fraction of sp³-hybridized carbons (Fsp3) is 0.205. The van der Waals surface area contributed by atoms with Gasteiger partial charge in [-0.05, 0) is 80.6 Å². The number of hydrogen-bond acceptors (Lipinski definition) is 2. The molecular weight excluding hydrogens is 512 g/mol. The molecule has 208 valence electrons. The summed E-state index contributed by atoms with van der Waals surface area (Å²) in [4.78, 5) is 4.88. The number of hydrogen-bond donors (Lipinski definition) is 0. The number of aromatic nitrogens is 2. The third-order valence-corrected chi connectivity index (χ3v) is 8.41. The minimum absolute atomic E-state index is 0.122. The van der Waals surface area contributed by atoms with Crippen molar-refractivity contribution in [2.75, 3.05) is 0 Å². The van der Waals surface area contributed by atoms with Gasteiger partial charge < -0.3 is 4.42 Å². The second kappa shape index (κ2) is 9.46. The molecule has 3 nitrogen and oxygen atoms in total. The summed E-state index contributed by atoms with van der Waals surface area (Å²) >= 11 is 0. The van der Waals surface area contributed by atoms with Gasteiger partial charge in [-0.2, -0.15) is 4.98 Å². The standard InChI is InChI=1S/C39H36N2O/c1-38(2,3)29-17-11-25(12-18-29)27-15-21-34-31(23-27)32-24-28(26-13-19-30(20-14-26)39(4,5)6)16-22-35(32)41(34)37-40-33-9-7-8-10-36(33)42-37/h7-24H,1-6H3. The van der Waals surface area contributed by atoms with Crippen molar-refractivity contribution in [1.82, 2.24) is 9.55 Å². The predicted octanol–water partition coefficient (Wildman–Crippen LogP) is 10.9. The van der Waals surface area contributed by atoms with Crippen molar-refractivity contribution < 1.29 is 4.42 Å². The summed E-state index contributed by atoms with van der Waals surface area (Å²) in [5.41, 5.74) is 11.5. The van der Waals surface area contributed by atoms with Gasteiger partial charge in [-0.25, -0.2) is 0 Å². The smallest absolute Gasteiger partial charge is 0.307 e. The van der Waals surface area contributed by atoms with E-state index in [0.717, 1.165) is 22.1 Å². The van der Waals surface area contributed by atoms with E-state index in [1.807, 2.05) is 24.3 Å². The van der Waals surface area contributed by atoms with Crippen LogP contribution in [0.1, 0.15) is 52.7 Å². The highest BCUT2D eigenvalue weighted by Gasteiger charge is 2.19. The first-order valence-corrected chi connectivity index (χ1v) is 14.7. The summed E-state index contributed by atoms with van der Waals surface area (Å²) in [5.74, 6) is 0. The van der Waals surface area contributed by atoms with Crippen LogP contribution in [-0.4, -0.2) is 9.55 Å². The second-order valence-electron chi connectivity index (χ2n) is 13.4. The van der Waals surface area contributed by atoms with Crippen LogP contribution in [0.3, 0.4) is 0 Å². The maximum Gasteiger partial charge on any atom is 0.307 e. The fourth-order valence-corrected chi connectivity index (χ4v) is 5.87. The number of para-hydroxylation sites is 2. The number of fused-ring (bicyclic) bond motifs is 4. The van der Waals surface area contributed by atoms with Crippen molar-refractivity contribution in [3.8, 4) is 28.3 Å². The maximum absolute atomic E-state index is 6.30. The van der Waals surface area contributed by atoms with Crippen molar-refractivity contribution in [3.63, 3.8) is 0 Å². The van der Waals surface area contributed by atoms with Gasteiger partial charge in [0.05, 0.1) is 11.0 Å². The van der Waals surface area contributed by atoms with Crippen LogP contribution >= 0.6 is 0 Å². The van der Waals surface area contributed by atoms with Gasteiger partial charge in [-0.15, -0.1) is 0 Å². The zero-order valence-electron chi connectivity index (χ0n) is 25.2. The Kier molecular flexibility index (Phi) is 5.92. The van der Waals surface area contributed by atoms with Crippen molar-refractivity contribution >= 4 is 32.9 Å². The monoisotopic (exact) mass is 548 g/mol. The molecule has 0 N–H and O–H groups in total. The van der Waals surface area contributed by atoms with Crippen LogP contribution in [0, 0.1) is 0 Å². The van der Waals surface area contributed by atoms with Crippen LogP contribution in [0.25, 0.3) is 61.2 Å². The molecule has 42 heavy (non-hydrogen) atoms. The van der Waals surface area contributed by atoms with Gasteiger partial charge in [0.15, 0.2) is 5.58 Å². The Hall–Kier alpha value is -4.63. The van der Waals surface area contributed by atoms with Gasteiger partial charge >= 0.3 is 6.01 Å². The van der Waals surface area contributed by atoms with Gasteiger partial charge in [0.2, 0.25) is 0 Å². The van der Waals surface area contributed by atoms with Crippen molar-refractivity contribution in [3.05, 3.63) is 120 Å². The molecular formula is C39H36N2O. The minimum atomic E-state index is 0.122. The van der Waals surface area contributed by atoms with Crippen LogP contribution in [-0.2, 0) is 10.8 Å². The Morgan fingerprint density at radius 2 is 0.976 bits per heavy atom. The number of benzene rings is 5. The molecule has 0 radical (unpaired) electrons. The van der Waals surface area contributed by atoms with E-state index in [9.17, 15) is 0 Å². The third kappa shape index (κ3) is 4.50. The molecule has 2 aromatic heterocycles. The van der Waals surface area contributed by atoms with Crippen molar-refractivity contribution in [2.24, 2.45) is 0 Å². The Labute approximate surface area is 247 Å². The van der Waals surface area contributed by atoms with E-state index in [2.05, 4.69) is 131 Å². The Bertz CT molecular complexity index is 1930. The van der Waals surface area contributed by atoms with Crippen molar-refractivity contribution in [1.29, 1.82) is 0 Å². The van der Waals surface area contributed by atoms with E-state index >= 15 is 0 Å². The lowest BCUT2D eigenvalue weighted by atomic mass is 9.86. The SMILES string of the molecule is CC(C)(C)c1ccc(-c2ccc3c(c2)c2cc(-c4ccc(C(C)(C)C)cc4)ccc2n3-c2nc3ccccc3o2)cc1. The Morgan fingerprint density at radius 1 is 0.524 bits per heavy atom. The molecule has 0 saturated carbocycles. The summed E-state index contributed by atoms with van der Waals surface area (Å²) in [6.07, 6.45) is 0. The molecule has 5 aromatic carbocycles. The normalized spacial score (nSPS) is 12.5. The predicted molar refractivity (Wildman–Crippen MR) is 177 cm³/mol. The van der Waals surface area contributed by atoms with Crippen LogP contribution in [0.5, 0.6) is 0 Å². The van der Waals surface area contributed by atoms with Gasteiger partial charge in [0, 0.05) is 10.8 Å². The molecule has 0 bridgehead atoms. The van der Waals surface area contributed by atoms with Gasteiger partial charge in [-0.1, -0.05) is 114 Å². The molecule has 0 atom stereocenters. The van der Waals surface area contributed by atoms with E-state index in [1.165, 1.54) is 44.2 Å². The highest BCUT2D eigenvalue weighted by Crippen LogP contribution is 2.38. The summed E-state index contributed by atoms with van der Waals surface area (Å²) in [5, 5.41) is 2.36. The summed E-state index contributed by atoms with van der Waals surface area (Å²) in [6.45, 7) is 13.5. The summed E-state index contributed by atoms with van der Waals surface area (Å²) < 4.78 is 8.46. The Morgan fingerprint density at radius 3 is 1.43 bits per heavy atom. The zero-order chi connectivity index (χ0) is 29.2. The molecule has 0 amide bonds. The Balaban J connectivity index is 1.43. The first kappa shape index (κ1) is 26.3. The van der Waals surface area contributed by atoms with Crippen LogP contribution in [0.4, 0.5) is 0 Å². The van der Waals surface area contributed by atoms with E-state index in [-0.39, 0.29) is 10.8 Å². The highest BCUT2D eigenvalue weighted by atomic mass is 16.4. The van der Waals surface area contributed by atoms with E-state index in [0.29, 0.717) is 6.01 Å². The number of nitrogens with zero attached hydrogens (tertiary/aromatic N) is 2. The zero-order valence-corrected chi connectivity index (χ0v) is 25.2. The maximum atomic E-state index is 6.30. The van der Waals surface area contributed by atoms with E-state index in [1.54, 1.807) is 0 Å². The topological polar surface area (TPSA) is 31.0 Å². The first-order valence-electron chi connectivity index (χ1n) is 14.7. The van der Waals surface area contributed by atoms with Gasteiger partial charge in [0.1, 0.15) is 5.52 Å². The lowest BCUT2D eigenvalue weighted by molar-refractivity contribution is 0.574. The highest BCUT2D eigenvalue weighted by molar-refractivity contribution is 6.11. The molecule has 7 rings (SSSR count). The molecule has 0 unspecified atom stereocenters. The van der Waals surface area contributed by atoms with Crippen LogP contribution < -0.4 is 0 Å². The largest absolute Gasteiger partial charge is 0.423 e. The number of oxazole rings is 1. The average molecular weight is 549 g/mol. The number of rotatable bonds is 3. The molecule has 0 aliphatic heterocycles. The molecule has 0 aliphatic rings. The summed E-state index contributed by atoms with van der Waals surface area (Å²) in [6, 6.07) is 39.9. The molecule has 0 saturated heterocycles. The van der Waals surface area contributed by atoms with E-state index in [4.69, 9.17) is 9.40 Å². The molecule has 3 heteroatoms. The quantitative estimate of drug-likeness (QED) is 0.220. The molecule has 2 heterocycles. The van der Waals surface area contributed by atoms with Crippen molar-refractivity contribution in [2.45, 2.75) is 52.4 Å². The minimum Gasteiger partial charge on any atom is -0.423 e. The van der Waals surface area contributed by atoms with Gasteiger partial charge in [-0.3, -0.25) is 4.57 Å². The van der Waals surface area contributed by atoms with Gasteiger partial charge in [0.25, 0.3) is 0 Å². The van der Waals surface area contributed by atoms with E-state index < -0.39 is 0 Å². The molecule has 0 aliphatic carbocycles. The lowest BCUT2D eigenvalue weighted by Gasteiger charge is -2.19. The third-order valence-electron chi connectivity index (χ3n) is 8.41.